The Balaban J connectivity index is 2.38. The third-order valence-corrected chi connectivity index (χ3v) is 4.50. The van der Waals surface area contributed by atoms with Crippen LogP contribution in [0, 0.1) is 5.82 Å². The van der Waals surface area contributed by atoms with Crippen LogP contribution in [-0.4, -0.2) is 19.1 Å². The molecule has 0 unspecified atom stereocenters. The fourth-order valence-electron chi connectivity index (χ4n) is 1.52. The quantitative estimate of drug-likeness (QED) is 0.852. The SMILES string of the molecule is CC1(NS(=O)(=O)c2cc(CO)ccc2F)CC1. The first-order valence-electron chi connectivity index (χ1n) is 5.30. The molecule has 1 aromatic carbocycles. The van der Waals surface area contributed by atoms with Gasteiger partial charge in [0, 0.05) is 5.54 Å². The molecule has 0 aliphatic heterocycles. The van der Waals surface area contributed by atoms with Gasteiger partial charge in [-0.05, 0) is 37.5 Å². The molecular formula is C11H14FNO3S. The summed E-state index contributed by atoms with van der Waals surface area (Å²) in [5, 5.41) is 8.93. The van der Waals surface area contributed by atoms with E-state index >= 15 is 0 Å². The Bertz CT molecular complexity index is 538. The first-order valence-corrected chi connectivity index (χ1v) is 6.78. The number of hydrogen-bond donors (Lipinski definition) is 2. The lowest BCUT2D eigenvalue weighted by Gasteiger charge is -2.13. The number of benzene rings is 1. The Kier molecular flexibility index (Phi) is 2.97. The zero-order valence-electron chi connectivity index (χ0n) is 9.40. The van der Waals surface area contributed by atoms with Gasteiger partial charge in [-0.2, -0.15) is 0 Å². The van der Waals surface area contributed by atoms with Crippen LogP contribution in [0.2, 0.25) is 0 Å². The number of nitrogens with one attached hydrogen (secondary N) is 1. The molecule has 94 valence electrons. The molecule has 0 saturated heterocycles. The number of halogens is 1. The number of hydrogen-bond acceptors (Lipinski definition) is 3. The van der Waals surface area contributed by atoms with Gasteiger partial charge in [0.2, 0.25) is 10.0 Å². The molecule has 0 aromatic heterocycles. The van der Waals surface area contributed by atoms with Crippen molar-refractivity contribution in [2.75, 3.05) is 0 Å². The standard InChI is InChI=1S/C11H14FNO3S/c1-11(4-5-11)13-17(15,16)10-6-8(7-14)2-3-9(10)12/h2-3,6,13-14H,4-5,7H2,1H3. The van der Waals surface area contributed by atoms with Crippen LogP contribution in [0.5, 0.6) is 0 Å². The molecule has 2 N–H and O–H groups in total. The summed E-state index contributed by atoms with van der Waals surface area (Å²) in [5.41, 5.74) is -0.0757. The third kappa shape index (κ3) is 2.65. The van der Waals surface area contributed by atoms with Crippen molar-refractivity contribution in [3.8, 4) is 0 Å². The van der Waals surface area contributed by atoms with Crippen molar-refractivity contribution < 1.29 is 17.9 Å². The molecule has 0 spiro atoms. The maximum Gasteiger partial charge on any atom is 0.243 e. The molecular weight excluding hydrogens is 245 g/mol. The molecule has 1 aliphatic carbocycles. The summed E-state index contributed by atoms with van der Waals surface area (Å²) in [4.78, 5) is -0.405. The Morgan fingerprint density at radius 2 is 2.12 bits per heavy atom. The van der Waals surface area contributed by atoms with E-state index in [-0.39, 0.29) is 6.61 Å². The maximum atomic E-state index is 13.5. The summed E-state index contributed by atoms with van der Waals surface area (Å²) in [6.07, 6.45) is 1.51. The summed E-state index contributed by atoms with van der Waals surface area (Å²) in [7, 11) is -3.85. The van der Waals surface area contributed by atoms with Crippen molar-refractivity contribution in [2.24, 2.45) is 0 Å². The normalized spacial score (nSPS) is 18.1. The highest BCUT2D eigenvalue weighted by Crippen LogP contribution is 2.36. The zero-order valence-corrected chi connectivity index (χ0v) is 10.2. The van der Waals surface area contributed by atoms with Crippen molar-refractivity contribution in [3.63, 3.8) is 0 Å². The average molecular weight is 259 g/mol. The molecule has 1 aromatic rings. The third-order valence-electron chi connectivity index (χ3n) is 2.85. The summed E-state index contributed by atoms with van der Waals surface area (Å²) in [6, 6.07) is 3.56. The van der Waals surface area contributed by atoms with Gasteiger partial charge in [-0.1, -0.05) is 6.07 Å². The molecule has 17 heavy (non-hydrogen) atoms. The number of aliphatic hydroxyl groups is 1. The van der Waals surface area contributed by atoms with Crippen LogP contribution in [-0.2, 0) is 16.6 Å². The Morgan fingerprint density at radius 1 is 1.47 bits per heavy atom. The minimum Gasteiger partial charge on any atom is -0.392 e. The van der Waals surface area contributed by atoms with Gasteiger partial charge in [0.1, 0.15) is 10.7 Å². The topological polar surface area (TPSA) is 66.4 Å². The molecule has 0 heterocycles. The lowest BCUT2D eigenvalue weighted by molar-refractivity contribution is 0.281. The lowest BCUT2D eigenvalue weighted by Crippen LogP contribution is -2.34. The molecule has 0 bridgehead atoms. The van der Waals surface area contributed by atoms with E-state index in [2.05, 4.69) is 4.72 Å². The van der Waals surface area contributed by atoms with Crippen LogP contribution in [0.1, 0.15) is 25.3 Å². The van der Waals surface area contributed by atoms with Gasteiger partial charge in [-0.25, -0.2) is 17.5 Å². The molecule has 1 aliphatic rings. The van der Waals surface area contributed by atoms with Crippen LogP contribution in [0.3, 0.4) is 0 Å². The molecule has 1 saturated carbocycles. The zero-order chi connectivity index (χ0) is 12.7. The maximum absolute atomic E-state index is 13.5. The number of aliphatic hydroxyl groups excluding tert-OH is 1. The van der Waals surface area contributed by atoms with Crippen molar-refractivity contribution in [2.45, 2.75) is 36.8 Å². The molecule has 0 radical (unpaired) electrons. The lowest BCUT2D eigenvalue weighted by atomic mass is 10.2. The molecule has 0 atom stereocenters. The van der Waals surface area contributed by atoms with Gasteiger partial charge in [0.15, 0.2) is 0 Å². The highest BCUT2D eigenvalue weighted by molar-refractivity contribution is 7.89. The van der Waals surface area contributed by atoms with Crippen LogP contribution < -0.4 is 4.72 Å². The van der Waals surface area contributed by atoms with Crippen molar-refractivity contribution in [1.29, 1.82) is 0 Å². The first-order chi connectivity index (χ1) is 7.86. The predicted octanol–water partition coefficient (Wildman–Crippen LogP) is 1.15. The monoisotopic (exact) mass is 259 g/mol. The van der Waals surface area contributed by atoms with E-state index in [4.69, 9.17) is 5.11 Å². The molecule has 4 nitrogen and oxygen atoms in total. The Morgan fingerprint density at radius 3 is 2.65 bits per heavy atom. The van der Waals surface area contributed by atoms with Gasteiger partial charge in [0.25, 0.3) is 0 Å². The van der Waals surface area contributed by atoms with E-state index in [0.29, 0.717) is 5.56 Å². The molecule has 2 rings (SSSR count). The number of rotatable bonds is 4. The van der Waals surface area contributed by atoms with E-state index in [1.54, 1.807) is 6.92 Å². The van der Waals surface area contributed by atoms with Gasteiger partial charge in [-0.15, -0.1) is 0 Å². The molecule has 0 amide bonds. The first kappa shape index (κ1) is 12.5. The van der Waals surface area contributed by atoms with Gasteiger partial charge in [-0.3, -0.25) is 0 Å². The Labute approximate surface area is 99.5 Å². The van der Waals surface area contributed by atoms with Crippen LogP contribution in [0.4, 0.5) is 4.39 Å². The van der Waals surface area contributed by atoms with E-state index in [0.717, 1.165) is 25.0 Å². The minimum absolute atomic E-state index is 0.319. The molecule has 6 heteroatoms. The van der Waals surface area contributed by atoms with Crippen LogP contribution in [0.25, 0.3) is 0 Å². The van der Waals surface area contributed by atoms with Crippen molar-refractivity contribution >= 4 is 10.0 Å². The van der Waals surface area contributed by atoms with E-state index in [1.807, 2.05) is 0 Å². The second-order valence-electron chi connectivity index (χ2n) is 4.59. The summed E-state index contributed by atoms with van der Waals surface area (Å²) in [5.74, 6) is -0.807. The molecule has 1 fully saturated rings. The van der Waals surface area contributed by atoms with Gasteiger partial charge < -0.3 is 5.11 Å². The largest absolute Gasteiger partial charge is 0.392 e. The predicted molar refractivity (Wildman–Crippen MR) is 60.3 cm³/mol. The van der Waals surface area contributed by atoms with E-state index in [9.17, 15) is 12.8 Å². The second kappa shape index (κ2) is 4.04. The van der Waals surface area contributed by atoms with E-state index < -0.39 is 26.3 Å². The fraction of sp³-hybridized carbons (Fsp3) is 0.455. The number of sulfonamides is 1. The summed E-state index contributed by atoms with van der Waals surface area (Å²) in [6.45, 7) is 1.46. The van der Waals surface area contributed by atoms with Crippen LogP contribution >= 0.6 is 0 Å². The summed E-state index contributed by atoms with van der Waals surface area (Å²) < 4.78 is 39.9. The fourth-order valence-corrected chi connectivity index (χ4v) is 3.12. The van der Waals surface area contributed by atoms with E-state index in [1.165, 1.54) is 6.07 Å². The van der Waals surface area contributed by atoms with Crippen molar-refractivity contribution in [1.82, 2.24) is 4.72 Å². The second-order valence-corrected chi connectivity index (χ2v) is 6.24. The average Bonchev–Trinajstić information content (AvgIpc) is 2.95. The highest BCUT2D eigenvalue weighted by atomic mass is 32.2. The smallest absolute Gasteiger partial charge is 0.243 e. The highest BCUT2D eigenvalue weighted by Gasteiger charge is 2.41. The Hall–Kier alpha value is -0.980. The van der Waals surface area contributed by atoms with Crippen molar-refractivity contribution in [3.05, 3.63) is 29.6 Å². The van der Waals surface area contributed by atoms with Gasteiger partial charge in [0.05, 0.1) is 6.61 Å². The summed E-state index contributed by atoms with van der Waals surface area (Å²) >= 11 is 0. The minimum atomic E-state index is -3.85. The van der Waals surface area contributed by atoms with Gasteiger partial charge >= 0.3 is 0 Å². The van der Waals surface area contributed by atoms with Crippen LogP contribution in [0.15, 0.2) is 23.1 Å².